The van der Waals surface area contributed by atoms with E-state index in [4.69, 9.17) is 0 Å². The van der Waals surface area contributed by atoms with Crippen LogP contribution in [-0.4, -0.2) is 49.9 Å². The highest BCUT2D eigenvalue weighted by Crippen LogP contribution is 2.29. The number of carbonyl (C=O) groups is 1. The monoisotopic (exact) mass is 469 g/mol. The first-order valence-corrected chi connectivity index (χ1v) is 10.6. The van der Waals surface area contributed by atoms with Crippen LogP contribution in [0.5, 0.6) is 0 Å². The Morgan fingerprint density at radius 2 is 1.82 bits per heavy atom. The summed E-state index contributed by atoms with van der Waals surface area (Å²) in [5.41, 5.74) is 1.32. The van der Waals surface area contributed by atoms with Gasteiger partial charge in [0.05, 0.1) is 5.69 Å². The van der Waals surface area contributed by atoms with Crippen LogP contribution in [0.3, 0.4) is 0 Å². The lowest BCUT2D eigenvalue weighted by Gasteiger charge is -2.32. The van der Waals surface area contributed by atoms with Crippen LogP contribution in [0.2, 0.25) is 0 Å². The molecule has 0 spiro atoms. The summed E-state index contributed by atoms with van der Waals surface area (Å²) < 4.78 is 38.5. The minimum absolute atomic E-state index is 0.00345. The maximum atomic E-state index is 12.8. The van der Waals surface area contributed by atoms with E-state index in [1.807, 2.05) is 6.07 Å². The molecule has 0 saturated carbocycles. The molecule has 3 aromatic heterocycles. The molecule has 1 amide bonds. The summed E-state index contributed by atoms with van der Waals surface area (Å²) in [4.78, 5) is 29.7. The van der Waals surface area contributed by atoms with Gasteiger partial charge < -0.3 is 15.5 Å². The second-order valence-corrected chi connectivity index (χ2v) is 7.74. The third-order valence-electron chi connectivity index (χ3n) is 5.35. The summed E-state index contributed by atoms with van der Waals surface area (Å²) >= 11 is 0. The molecule has 176 valence electrons. The summed E-state index contributed by atoms with van der Waals surface area (Å²) in [5.74, 6) is 0.0683. The number of rotatable bonds is 6. The largest absolute Gasteiger partial charge is 0.433 e. The van der Waals surface area contributed by atoms with Gasteiger partial charge in [-0.15, -0.1) is 0 Å². The summed E-state index contributed by atoms with van der Waals surface area (Å²) in [5, 5.41) is 6.13. The molecule has 0 radical (unpaired) electrons. The van der Waals surface area contributed by atoms with Gasteiger partial charge in [-0.2, -0.15) is 13.2 Å². The van der Waals surface area contributed by atoms with Gasteiger partial charge in [0.1, 0.15) is 11.5 Å². The second-order valence-electron chi connectivity index (χ2n) is 7.74. The van der Waals surface area contributed by atoms with Gasteiger partial charge in [-0.3, -0.25) is 9.78 Å². The molecule has 0 bridgehead atoms. The average Bonchev–Trinajstić information content (AvgIpc) is 2.84. The number of nitrogens with one attached hydrogen (secondary N) is 2. The number of piperidine rings is 1. The highest BCUT2D eigenvalue weighted by atomic mass is 19.4. The zero-order valence-corrected chi connectivity index (χ0v) is 18.1. The van der Waals surface area contributed by atoms with Crippen LogP contribution in [0.4, 0.5) is 30.6 Å². The number of aromatic nitrogens is 4. The molecule has 1 fully saturated rings. The zero-order valence-electron chi connectivity index (χ0n) is 18.1. The molecule has 4 heterocycles. The molecule has 11 heteroatoms. The molecule has 0 aromatic carbocycles. The molecule has 3 aromatic rings. The van der Waals surface area contributed by atoms with Crippen LogP contribution < -0.4 is 10.6 Å². The Kier molecular flexibility index (Phi) is 6.71. The van der Waals surface area contributed by atoms with E-state index in [0.29, 0.717) is 18.7 Å². The van der Waals surface area contributed by atoms with Crippen molar-refractivity contribution in [3.05, 3.63) is 67.4 Å². The lowest BCUT2D eigenvalue weighted by atomic mass is 10.0. The molecule has 4 rings (SSSR count). The van der Waals surface area contributed by atoms with E-state index in [-0.39, 0.29) is 23.7 Å². The van der Waals surface area contributed by atoms with Crippen LogP contribution in [0.15, 0.2) is 61.7 Å². The van der Waals surface area contributed by atoms with Crippen molar-refractivity contribution in [2.75, 3.05) is 23.7 Å². The van der Waals surface area contributed by atoms with Crippen molar-refractivity contribution >= 4 is 23.4 Å². The van der Waals surface area contributed by atoms with E-state index in [1.54, 1.807) is 29.7 Å². The van der Waals surface area contributed by atoms with Crippen molar-refractivity contribution in [1.82, 2.24) is 24.8 Å². The Labute approximate surface area is 194 Å². The SMILES string of the molecule is C=CC(=O)N1CCC(Nc2cncc(-c3cnc(Nc4cccc(C(F)(F)F)n4)nc3)c2)CC1. The Bertz CT molecular complexity index is 1160. The first kappa shape index (κ1) is 23.1. The van der Waals surface area contributed by atoms with Crippen LogP contribution in [0, 0.1) is 0 Å². The van der Waals surface area contributed by atoms with Crippen molar-refractivity contribution in [2.45, 2.75) is 25.1 Å². The molecule has 1 aliphatic heterocycles. The van der Waals surface area contributed by atoms with Gasteiger partial charge in [0, 0.05) is 55.0 Å². The molecule has 0 aliphatic carbocycles. The molecule has 34 heavy (non-hydrogen) atoms. The fourth-order valence-electron chi connectivity index (χ4n) is 3.60. The number of pyridine rings is 2. The normalized spacial score (nSPS) is 14.5. The second kappa shape index (κ2) is 9.86. The third kappa shape index (κ3) is 5.66. The Balaban J connectivity index is 1.39. The summed E-state index contributed by atoms with van der Waals surface area (Å²) in [6.45, 7) is 4.86. The quantitative estimate of drug-likeness (QED) is 0.520. The smallest absolute Gasteiger partial charge is 0.381 e. The maximum Gasteiger partial charge on any atom is 0.433 e. The minimum atomic E-state index is -4.53. The summed E-state index contributed by atoms with van der Waals surface area (Å²) in [6, 6.07) is 5.71. The molecule has 0 atom stereocenters. The highest BCUT2D eigenvalue weighted by molar-refractivity contribution is 5.87. The highest BCUT2D eigenvalue weighted by Gasteiger charge is 2.32. The van der Waals surface area contributed by atoms with Crippen molar-refractivity contribution in [1.29, 1.82) is 0 Å². The number of anilines is 3. The van der Waals surface area contributed by atoms with Crippen molar-refractivity contribution in [2.24, 2.45) is 0 Å². The van der Waals surface area contributed by atoms with Crippen molar-refractivity contribution in [3.63, 3.8) is 0 Å². The fourth-order valence-corrected chi connectivity index (χ4v) is 3.60. The Morgan fingerprint density at radius 1 is 1.09 bits per heavy atom. The van der Waals surface area contributed by atoms with Gasteiger partial charge in [0.2, 0.25) is 11.9 Å². The van der Waals surface area contributed by atoms with Gasteiger partial charge in [0.15, 0.2) is 0 Å². The summed E-state index contributed by atoms with van der Waals surface area (Å²) in [7, 11) is 0. The van der Waals surface area contributed by atoms with E-state index in [0.717, 1.165) is 30.2 Å². The molecule has 2 N–H and O–H groups in total. The number of halogens is 3. The lowest BCUT2D eigenvalue weighted by molar-refractivity contribution is -0.141. The standard InChI is InChI=1S/C23H22F3N7O/c1-2-21(34)33-8-6-17(7-9-33)30-18-10-15(11-27-14-18)16-12-28-22(29-13-16)32-20-5-3-4-19(31-20)23(24,25)26/h2-5,10-14,17,30H,1,6-9H2,(H,28,29,31,32). The molecule has 1 saturated heterocycles. The summed E-state index contributed by atoms with van der Waals surface area (Å²) in [6.07, 6.45) is 4.95. The van der Waals surface area contributed by atoms with E-state index in [1.165, 1.54) is 18.2 Å². The van der Waals surface area contributed by atoms with Crippen LogP contribution in [0.25, 0.3) is 11.1 Å². The average molecular weight is 469 g/mol. The molecule has 0 unspecified atom stereocenters. The first-order chi connectivity index (χ1) is 16.3. The first-order valence-electron chi connectivity index (χ1n) is 10.6. The van der Waals surface area contributed by atoms with Crippen molar-refractivity contribution < 1.29 is 18.0 Å². The van der Waals surface area contributed by atoms with Crippen LogP contribution >= 0.6 is 0 Å². The van der Waals surface area contributed by atoms with E-state index in [2.05, 4.69) is 37.1 Å². The van der Waals surface area contributed by atoms with E-state index < -0.39 is 11.9 Å². The van der Waals surface area contributed by atoms with Gasteiger partial charge in [-0.1, -0.05) is 12.6 Å². The molecule has 8 nitrogen and oxygen atoms in total. The lowest BCUT2D eigenvalue weighted by Crippen LogP contribution is -2.41. The molecular formula is C23H22F3N7O. The number of likely N-dealkylation sites (tertiary alicyclic amines) is 1. The van der Waals surface area contributed by atoms with Crippen LogP contribution in [-0.2, 0) is 11.0 Å². The maximum absolute atomic E-state index is 12.8. The van der Waals surface area contributed by atoms with Crippen LogP contribution in [0.1, 0.15) is 18.5 Å². The predicted molar refractivity (Wildman–Crippen MR) is 121 cm³/mol. The van der Waals surface area contributed by atoms with Gasteiger partial charge >= 0.3 is 6.18 Å². The van der Waals surface area contributed by atoms with Crippen molar-refractivity contribution in [3.8, 4) is 11.1 Å². The minimum Gasteiger partial charge on any atom is -0.381 e. The number of nitrogens with zero attached hydrogens (tertiary/aromatic N) is 5. The number of alkyl halides is 3. The predicted octanol–water partition coefficient (Wildman–Crippen LogP) is 4.28. The fraction of sp³-hybridized carbons (Fsp3) is 0.261. The zero-order chi connectivity index (χ0) is 24.1. The Hall–Kier alpha value is -4.02. The number of amides is 1. The molecule has 1 aliphatic rings. The number of hydrogen-bond acceptors (Lipinski definition) is 7. The Morgan fingerprint density at radius 3 is 2.50 bits per heavy atom. The number of carbonyl (C=O) groups excluding carboxylic acids is 1. The number of hydrogen-bond donors (Lipinski definition) is 2. The van der Waals surface area contributed by atoms with Gasteiger partial charge in [-0.25, -0.2) is 15.0 Å². The molecular weight excluding hydrogens is 447 g/mol. The van der Waals surface area contributed by atoms with Gasteiger partial charge in [-0.05, 0) is 37.1 Å². The topological polar surface area (TPSA) is 95.9 Å². The van der Waals surface area contributed by atoms with Gasteiger partial charge in [0.25, 0.3) is 0 Å². The van der Waals surface area contributed by atoms with E-state index in [9.17, 15) is 18.0 Å². The third-order valence-corrected chi connectivity index (χ3v) is 5.35. The van der Waals surface area contributed by atoms with E-state index >= 15 is 0 Å².